The lowest BCUT2D eigenvalue weighted by Crippen LogP contribution is -2.40. The van der Waals surface area contributed by atoms with E-state index >= 15 is 0 Å². The SMILES string of the molecule is CCN1CCC(CCc2ccc(NC(=O)C3CCN(S(C)(=O)=O)CC3)cc2)C(C)C1. The third-order valence-corrected chi connectivity index (χ3v) is 8.24. The Morgan fingerprint density at radius 3 is 2.33 bits per heavy atom. The molecule has 0 aliphatic carbocycles. The quantitative estimate of drug-likeness (QED) is 0.714. The molecule has 2 unspecified atom stereocenters. The van der Waals surface area contributed by atoms with Crippen LogP contribution in [0.15, 0.2) is 24.3 Å². The van der Waals surface area contributed by atoms with Gasteiger partial charge in [0.05, 0.1) is 6.26 Å². The molecule has 168 valence electrons. The molecular formula is C23H37N3O3S. The van der Waals surface area contributed by atoms with E-state index in [1.54, 1.807) is 0 Å². The Morgan fingerprint density at radius 2 is 1.77 bits per heavy atom. The lowest BCUT2D eigenvalue weighted by molar-refractivity contribution is -0.120. The lowest BCUT2D eigenvalue weighted by atomic mass is 9.83. The number of hydrogen-bond acceptors (Lipinski definition) is 4. The molecule has 3 rings (SSSR count). The first-order chi connectivity index (χ1) is 14.3. The van der Waals surface area contributed by atoms with Gasteiger partial charge in [-0.25, -0.2) is 12.7 Å². The van der Waals surface area contributed by atoms with Crippen molar-refractivity contribution in [1.82, 2.24) is 9.21 Å². The smallest absolute Gasteiger partial charge is 0.227 e. The van der Waals surface area contributed by atoms with Crippen molar-refractivity contribution >= 4 is 21.6 Å². The van der Waals surface area contributed by atoms with Gasteiger partial charge in [-0.1, -0.05) is 26.0 Å². The van der Waals surface area contributed by atoms with Crippen LogP contribution in [0.4, 0.5) is 5.69 Å². The fourth-order valence-corrected chi connectivity index (χ4v) is 5.67. The Labute approximate surface area is 182 Å². The predicted molar refractivity (Wildman–Crippen MR) is 122 cm³/mol. The summed E-state index contributed by atoms with van der Waals surface area (Å²) >= 11 is 0. The summed E-state index contributed by atoms with van der Waals surface area (Å²) in [5.41, 5.74) is 2.14. The van der Waals surface area contributed by atoms with Crippen LogP contribution in [0.5, 0.6) is 0 Å². The van der Waals surface area contributed by atoms with E-state index in [0.717, 1.165) is 30.5 Å². The molecule has 1 aromatic carbocycles. The number of carbonyl (C=O) groups is 1. The van der Waals surface area contributed by atoms with Crippen molar-refractivity contribution in [2.24, 2.45) is 17.8 Å². The fourth-order valence-electron chi connectivity index (χ4n) is 4.80. The third kappa shape index (κ3) is 6.28. The minimum absolute atomic E-state index is 0.00703. The third-order valence-electron chi connectivity index (χ3n) is 6.93. The summed E-state index contributed by atoms with van der Waals surface area (Å²) in [6, 6.07) is 8.21. The lowest BCUT2D eigenvalue weighted by Gasteiger charge is -2.36. The number of aryl methyl sites for hydroxylation is 1. The number of amides is 1. The van der Waals surface area contributed by atoms with E-state index in [4.69, 9.17) is 0 Å². The van der Waals surface area contributed by atoms with Crippen LogP contribution in [0.25, 0.3) is 0 Å². The molecule has 2 saturated heterocycles. The number of sulfonamides is 1. The van der Waals surface area contributed by atoms with E-state index in [2.05, 4.69) is 36.2 Å². The Bertz CT molecular complexity index is 801. The van der Waals surface area contributed by atoms with Crippen molar-refractivity contribution in [3.63, 3.8) is 0 Å². The van der Waals surface area contributed by atoms with Crippen LogP contribution in [0.1, 0.15) is 45.1 Å². The zero-order valence-electron chi connectivity index (χ0n) is 18.6. The van der Waals surface area contributed by atoms with E-state index in [1.165, 1.54) is 42.1 Å². The molecule has 6 nitrogen and oxygen atoms in total. The molecule has 1 N–H and O–H groups in total. The first-order valence-corrected chi connectivity index (χ1v) is 13.2. The second-order valence-electron chi connectivity index (χ2n) is 9.08. The van der Waals surface area contributed by atoms with Crippen molar-refractivity contribution in [3.8, 4) is 0 Å². The van der Waals surface area contributed by atoms with Gasteiger partial charge in [-0.3, -0.25) is 4.79 Å². The normalized spacial score (nSPS) is 24.6. The highest BCUT2D eigenvalue weighted by Gasteiger charge is 2.29. The molecule has 0 radical (unpaired) electrons. The summed E-state index contributed by atoms with van der Waals surface area (Å²) in [5, 5.41) is 3.00. The average molecular weight is 436 g/mol. The average Bonchev–Trinajstić information content (AvgIpc) is 2.73. The van der Waals surface area contributed by atoms with Gasteiger partial charge in [0.2, 0.25) is 15.9 Å². The van der Waals surface area contributed by atoms with E-state index in [1.807, 2.05) is 12.1 Å². The van der Waals surface area contributed by atoms with Crippen LogP contribution in [0.3, 0.4) is 0 Å². The van der Waals surface area contributed by atoms with Crippen LogP contribution < -0.4 is 5.32 Å². The fraction of sp³-hybridized carbons (Fsp3) is 0.696. The second kappa shape index (κ2) is 10.2. The standard InChI is InChI=1S/C23H37N3O3S/c1-4-25-14-11-20(18(2)17-25)8-5-19-6-9-22(10-7-19)24-23(27)21-12-15-26(16-13-21)30(3,28)29/h6-7,9-10,18,20-21H,4-5,8,11-17H2,1-3H3,(H,24,27). The first-order valence-electron chi connectivity index (χ1n) is 11.3. The van der Waals surface area contributed by atoms with Crippen LogP contribution in [0, 0.1) is 17.8 Å². The second-order valence-corrected chi connectivity index (χ2v) is 11.1. The van der Waals surface area contributed by atoms with Crippen molar-refractivity contribution in [1.29, 1.82) is 0 Å². The van der Waals surface area contributed by atoms with E-state index in [0.29, 0.717) is 25.9 Å². The topological polar surface area (TPSA) is 69.7 Å². The Morgan fingerprint density at radius 1 is 1.10 bits per heavy atom. The molecule has 0 spiro atoms. The largest absolute Gasteiger partial charge is 0.326 e. The molecule has 2 aliphatic heterocycles. The number of hydrogen-bond donors (Lipinski definition) is 1. The van der Waals surface area contributed by atoms with Crippen LogP contribution in [-0.4, -0.2) is 62.5 Å². The minimum Gasteiger partial charge on any atom is -0.326 e. The van der Waals surface area contributed by atoms with Gasteiger partial charge < -0.3 is 10.2 Å². The Balaban J connectivity index is 1.44. The summed E-state index contributed by atoms with van der Waals surface area (Å²) in [7, 11) is -3.16. The van der Waals surface area contributed by atoms with Gasteiger partial charge in [-0.15, -0.1) is 0 Å². The van der Waals surface area contributed by atoms with Gasteiger partial charge >= 0.3 is 0 Å². The Kier molecular flexibility index (Phi) is 7.93. The van der Waals surface area contributed by atoms with E-state index in [-0.39, 0.29) is 11.8 Å². The molecular weight excluding hydrogens is 398 g/mol. The summed E-state index contributed by atoms with van der Waals surface area (Å²) in [5.74, 6) is 1.42. The highest BCUT2D eigenvalue weighted by molar-refractivity contribution is 7.88. The highest BCUT2D eigenvalue weighted by Crippen LogP contribution is 2.28. The molecule has 2 fully saturated rings. The van der Waals surface area contributed by atoms with E-state index < -0.39 is 10.0 Å². The maximum absolute atomic E-state index is 12.5. The monoisotopic (exact) mass is 435 g/mol. The highest BCUT2D eigenvalue weighted by atomic mass is 32.2. The summed E-state index contributed by atoms with van der Waals surface area (Å²) in [4.78, 5) is 15.1. The molecule has 2 aliphatic rings. The van der Waals surface area contributed by atoms with Gasteiger partial charge in [0.15, 0.2) is 0 Å². The molecule has 2 atom stereocenters. The van der Waals surface area contributed by atoms with Crippen molar-refractivity contribution < 1.29 is 13.2 Å². The number of carbonyl (C=O) groups excluding carboxylic acids is 1. The molecule has 0 aromatic heterocycles. The van der Waals surface area contributed by atoms with Crippen LogP contribution >= 0.6 is 0 Å². The van der Waals surface area contributed by atoms with Gasteiger partial charge in [-0.2, -0.15) is 0 Å². The van der Waals surface area contributed by atoms with Crippen LogP contribution in [-0.2, 0) is 21.2 Å². The maximum Gasteiger partial charge on any atom is 0.227 e. The molecule has 2 heterocycles. The van der Waals surface area contributed by atoms with Gasteiger partial charge in [0.25, 0.3) is 0 Å². The number of piperidine rings is 2. The molecule has 7 heteroatoms. The van der Waals surface area contributed by atoms with Gasteiger partial charge in [0.1, 0.15) is 0 Å². The first kappa shape index (κ1) is 23.2. The Hall–Kier alpha value is -1.44. The van der Waals surface area contributed by atoms with Crippen molar-refractivity contribution in [2.75, 3.05) is 44.3 Å². The zero-order valence-corrected chi connectivity index (χ0v) is 19.5. The zero-order chi connectivity index (χ0) is 21.7. The number of anilines is 1. The number of rotatable bonds is 7. The molecule has 30 heavy (non-hydrogen) atoms. The maximum atomic E-state index is 12.5. The number of likely N-dealkylation sites (tertiary alicyclic amines) is 1. The predicted octanol–water partition coefficient (Wildman–Crippen LogP) is 3.21. The number of benzene rings is 1. The van der Waals surface area contributed by atoms with Gasteiger partial charge in [0, 0.05) is 31.2 Å². The number of nitrogens with one attached hydrogen (secondary N) is 1. The summed E-state index contributed by atoms with van der Waals surface area (Å²) in [6.07, 6.45) is 5.98. The molecule has 0 bridgehead atoms. The van der Waals surface area contributed by atoms with Crippen LogP contribution in [0.2, 0.25) is 0 Å². The molecule has 1 aromatic rings. The van der Waals surface area contributed by atoms with Crippen molar-refractivity contribution in [2.45, 2.75) is 46.0 Å². The minimum atomic E-state index is -3.16. The van der Waals surface area contributed by atoms with E-state index in [9.17, 15) is 13.2 Å². The van der Waals surface area contributed by atoms with Crippen molar-refractivity contribution in [3.05, 3.63) is 29.8 Å². The van der Waals surface area contributed by atoms with Gasteiger partial charge in [-0.05, 0) is 74.7 Å². The molecule has 0 saturated carbocycles. The number of nitrogens with zero attached hydrogens (tertiary/aromatic N) is 2. The molecule has 1 amide bonds. The summed E-state index contributed by atoms with van der Waals surface area (Å²) < 4.78 is 24.7. The summed E-state index contributed by atoms with van der Waals surface area (Å²) in [6.45, 7) is 9.06.